The summed E-state index contributed by atoms with van der Waals surface area (Å²) in [6, 6.07) is 17.1. The van der Waals surface area contributed by atoms with Crippen LogP contribution in [0.2, 0.25) is 10.0 Å². The molecule has 0 atom stereocenters. The molecule has 0 saturated carbocycles. The van der Waals surface area contributed by atoms with Gasteiger partial charge in [-0.05, 0) is 59.4 Å². The van der Waals surface area contributed by atoms with Gasteiger partial charge in [0.15, 0.2) is 5.76 Å². The predicted octanol–water partition coefficient (Wildman–Crippen LogP) is 7.79. The van der Waals surface area contributed by atoms with Crippen LogP contribution in [-0.4, -0.2) is 5.78 Å². The van der Waals surface area contributed by atoms with E-state index in [1.54, 1.807) is 30.3 Å². The summed E-state index contributed by atoms with van der Waals surface area (Å²) >= 11 is 12.1. The van der Waals surface area contributed by atoms with Crippen molar-refractivity contribution in [2.75, 3.05) is 0 Å². The third-order valence-corrected chi connectivity index (χ3v) is 6.23. The van der Waals surface area contributed by atoms with Crippen LogP contribution in [0.5, 0.6) is 11.5 Å². The van der Waals surface area contributed by atoms with Crippen molar-refractivity contribution in [3.05, 3.63) is 98.2 Å². The van der Waals surface area contributed by atoms with Gasteiger partial charge in [0, 0.05) is 5.56 Å². The fourth-order valence-corrected chi connectivity index (χ4v) is 3.87. The number of carbonyl (C=O) groups is 1. The number of halogens is 2. The highest BCUT2D eigenvalue weighted by molar-refractivity contribution is 6.42. The van der Waals surface area contributed by atoms with Gasteiger partial charge < -0.3 is 9.47 Å². The van der Waals surface area contributed by atoms with E-state index in [0.717, 1.165) is 16.7 Å². The number of Topliss-reactive ketones (excluding diaryl/α,β-unsaturated/α-hetero) is 1. The summed E-state index contributed by atoms with van der Waals surface area (Å²) in [6.07, 6.45) is 1.78. The monoisotopic (exact) mass is 466 g/mol. The fourth-order valence-electron chi connectivity index (χ4n) is 3.55. The van der Waals surface area contributed by atoms with E-state index in [2.05, 4.69) is 32.9 Å². The number of fused-ring (bicyclic) bond motifs is 1. The van der Waals surface area contributed by atoms with E-state index in [4.69, 9.17) is 32.7 Å². The summed E-state index contributed by atoms with van der Waals surface area (Å²) in [7, 11) is 0. The van der Waals surface area contributed by atoms with Crippen LogP contribution >= 0.6 is 23.2 Å². The highest BCUT2D eigenvalue weighted by Crippen LogP contribution is 2.39. The van der Waals surface area contributed by atoms with Gasteiger partial charge in [-0.1, -0.05) is 74.3 Å². The summed E-state index contributed by atoms with van der Waals surface area (Å²) in [4.78, 5) is 12.9. The van der Waals surface area contributed by atoms with Crippen molar-refractivity contribution in [2.45, 2.75) is 39.7 Å². The van der Waals surface area contributed by atoms with Crippen LogP contribution in [0.25, 0.3) is 6.08 Å². The van der Waals surface area contributed by atoms with Crippen LogP contribution in [0.15, 0.2) is 60.4 Å². The first-order valence-corrected chi connectivity index (χ1v) is 11.1. The van der Waals surface area contributed by atoms with E-state index in [-0.39, 0.29) is 11.2 Å². The van der Waals surface area contributed by atoms with Gasteiger partial charge in [-0.25, -0.2) is 0 Å². The zero-order valence-electron chi connectivity index (χ0n) is 18.5. The molecule has 32 heavy (non-hydrogen) atoms. The number of benzene rings is 3. The molecule has 3 aromatic rings. The van der Waals surface area contributed by atoms with Gasteiger partial charge in [-0.15, -0.1) is 0 Å². The van der Waals surface area contributed by atoms with E-state index in [1.165, 1.54) is 5.56 Å². The molecule has 1 aliphatic heterocycles. The molecule has 1 aliphatic rings. The maximum Gasteiger partial charge on any atom is 0.231 e. The quantitative estimate of drug-likeness (QED) is 0.368. The third kappa shape index (κ3) is 4.55. The number of ether oxygens (including phenoxy) is 2. The van der Waals surface area contributed by atoms with Gasteiger partial charge in [-0.2, -0.15) is 0 Å². The maximum absolute atomic E-state index is 12.9. The Balaban J connectivity index is 1.54. The first kappa shape index (κ1) is 22.4. The van der Waals surface area contributed by atoms with Crippen molar-refractivity contribution in [3.63, 3.8) is 0 Å². The summed E-state index contributed by atoms with van der Waals surface area (Å²) in [5.74, 6) is 1.38. The number of ketones is 1. The van der Waals surface area contributed by atoms with E-state index < -0.39 is 0 Å². The third-order valence-electron chi connectivity index (χ3n) is 5.49. The van der Waals surface area contributed by atoms with Crippen LogP contribution in [0.4, 0.5) is 0 Å². The molecular formula is C27H24Cl2O3. The van der Waals surface area contributed by atoms with Gasteiger partial charge in [0.25, 0.3) is 0 Å². The molecule has 0 radical (unpaired) electrons. The van der Waals surface area contributed by atoms with Gasteiger partial charge in [-0.3, -0.25) is 4.79 Å². The molecule has 0 aliphatic carbocycles. The molecule has 0 saturated heterocycles. The minimum absolute atomic E-state index is 0.0758. The molecule has 164 valence electrons. The number of hydrogen-bond acceptors (Lipinski definition) is 3. The molecule has 0 spiro atoms. The minimum atomic E-state index is -0.126. The Kier molecular flexibility index (Phi) is 6.07. The molecule has 0 amide bonds. The van der Waals surface area contributed by atoms with E-state index >= 15 is 0 Å². The average molecular weight is 467 g/mol. The zero-order valence-corrected chi connectivity index (χ0v) is 20.0. The van der Waals surface area contributed by atoms with Crippen LogP contribution in [0.3, 0.4) is 0 Å². The van der Waals surface area contributed by atoms with Gasteiger partial charge in [0.2, 0.25) is 5.78 Å². The Hall–Kier alpha value is -2.75. The first-order valence-electron chi connectivity index (χ1n) is 10.4. The number of allylic oxidation sites excluding steroid dienone is 1. The number of hydrogen-bond donors (Lipinski definition) is 0. The largest absolute Gasteiger partial charge is 0.488 e. The second kappa shape index (κ2) is 8.65. The van der Waals surface area contributed by atoms with Crippen molar-refractivity contribution in [2.24, 2.45) is 0 Å². The molecule has 1 heterocycles. The minimum Gasteiger partial charge on any atom is -0.488 e. The van der Waals surface area contributed by atoms with Gasteiger partial charge >= 0.3 is 0 Å². The maximum atomic E-state index is 12.9. The lowest BCUT2D eigenvalue weighted by Crippen LogP contribution is -2.10. The van der Waals surface area contributed by atoms with Crippen molar-refractivity contribution in [1.82, 2.24) is 0 Å². The number of rotatable bonds is 4. The average Bonchev–Trinajstić information content (AvgIpc) is 3.06. The molecule has 5 heteroatoms. The molecule has 0 unspecified atom stereocenters. The predicted molar refractivity (Wildman–Crippen MR) is 130 cm³/mol. The SMILES string of the molecule is Cc1c(OCc2ccc(Cl)c(Cl)c2)ccc2c1O/C(=C\c1ccc(C(C)(C)C)cc1)C2=O. The number of carbonyl (C=O) groups excluding carboxylic acids is 1. The van der Waals surface area contributed by atoms with Gasteiger partial charge in [0.05, 0.1) is 15.6 Å². The first-order chi connectivity index (χ1) is 15.1. The van der Waals surface area contributed by atoms with E-state index in [9.17, 15) is 4.79 Å². The lowest BCUT2D eigenvalue weighted by molar-refractivity contribution is 0.101. The molecule has 0 aromatic heterocycles. The summed E-state index contributed by atoms with van der Waals surface area (Å²) < 4.78 is 11.9. The Bertz CT molecular complexity index is 1220. The normalized spacial score (nSPS) is 14.4. The van der Waals surface area contributed by atoms with Crippen LogP contribution < -0.4 is 9.47 Å². The zero-order chi connectivity index (χ0) is 23.0. The Labute approximate surface area is 198 Å². The lowest BCUT2D eigenvalue weighted by atomic mass is 9.86. The van der Waals surface area contributed by atoms with E-state index in [0.29, 0.717) is 39.5 Å². The fraction of sp³-hybridized carbons (Fsp3) is 0.222. The van der Waals surface area contributed by atoms with Crippen molar-refractivity contribution in [3.8, 4) is 11.5 Å². The Morgan fingerprint density at radius 1 is 0.969 bits per heavy atom. The summed E-state index contributed by atoms with van der Waals surface area (Å²) in [6.45, 7) is 8.73. The summed E-state index contributed by atoms with van der Waals surface area (Å²) in [5.41, 5.74) is 4.45. The smallest absolute Gasteiger partial charge is 0.231 e. The topological polar surface area (TPSA) is 35.5 Å². The molecule has 4 rings (SSSR count). The second-order valence-corrected chi connectivity index (χ2v) is 9.73. The Morgan fingerprint density at radius 2 is 1.69 bits per heavy atom. The van der Waals surface area contributed by atoms with E-state index in [1.807, 2.05) is 25.1 Å². The van der Waals surface area contributed by atoms with Crippen molar-refractivity contribution >= 4 is 35.1 Å². The van der Waals surface area contributed by atoms with Gasteiger partial charge in [0.1, 0.15) is 18.1 Å². The molecule has 3 aromatic carbocycles. The van der Waals surface area contributed by atoms with Crippen LogP contribution in [0, 0.1) is 6.92 Å². The van der Waals surface area contributed by atoms with Crippen molar-refractivity contribution in [1.29, 1.82) is 0 Å². The molecule has 0 bridgehead atoms. The lowest BCUT2D eigenvalue weighted by Gasteiger charge is -2.18. The standard InChI is InChI=1S/C27H24Cl2O3/c1-16-23(31-15-18-7-11-21(28)22(29)13-18)12-10-20-25(30)24(32-26(16)20)14-17-5-8-19(9-6-17)27(2,3)4/h5-14H,15H2,1-4H3/b24-14-. The highest BCUT2D eigenvalue weighted by Gasteiger charge is 2.30. The molecular weight excluding hydrogens is 443 g/mol. The second-order valence-electron chi connectivity index (χ2n) is 8.91. The molecule has 3 nitrogen and oxygen atoms in total. The Morgan fingerprint density at radius 3 is 2.34 bits per heavy atom. The molecule has 0 fully saturated rings. The summed E-state index contributed by atoms with van der Waals surface area (Å²) in [5, 5.41) is 0.987. The van der Waals surface area contributed by atoms with Crippen molar-refractivity contribution < 1.29 is 14.3 Å². The van der Waals surface area contributed by atoms with Crippen LogP contribution in [0.1, 0.15) is 53.4 Å². The highest BCUT2D eigenvalue weighted by atomic mass is 35.5. The molecule has 0 N–H and O–H groups in total. The van der Waals surface area contributed by atoms with Crippen LogP contribution in [-0.2, 0) is 12.0 Å².